The molecule has 1 atom stereocenters. The van der Waals surface area contributed by atoms with Gasteiger partial charge in [-0.05, 0) is 0 Å². The van der Waals surface area contributed by atoms with Crippen molar-refractivity contribution in [2.45, 2.75) is 20.1 Å². The first kappa shape index (κ1) is 12.7. The molecule has 1 aromatic carbocycles. The van der Waals surface area contributed by atoms with E-state index >= 15 is 0 Å². The molecule has 0 saturated heterocycles. The molecule has 1 radical (unpaired) electrons. The van der Waals surface area contributed by atoms with Crippen molar-refractivity contribution in [3.05, 3.63) is 34.9 Å². The third-order valence-corrected chi connectivity index (χ3v) is 2.77. The minimum atomic E-state index is -0.123. The molecule has 0 aromatic heterocycles. The van der Waals surface area contributed by atoms with Gasteiger partial charge in [0.15, 0.2) is 0 Å². The van der Waals surface area contributed by atoms with Gasteiger partial charge in [0.25, 0.3) is 0 Å². The van der Waals surface area contributed by atoms with Crippen LogP contribution in [0, 0.1) is 0 Å². The van der Waals surface area contributed by atoms with E-state index in [1.165, 1.54) is 0 Å². The molecule has 0 aliphatic carbocycles. The summed E-state index contributed by atoms with van der Waals surface area (Å²) < 4.78 is 6.16. The van der Waals surface area contributed by atoms with E-state index < -0.39 is 0 Å². The summed E-state index contributed by atoms with van der Waals surface area (Å²) in [4.78, 5) is 4.36. The molecule has 0 aliphatic heterocycles. The van der Waals surface area contributed by atoms with Gasteiger partial charge in [-0.3, -0.25) is 0 Å². The SMILES string of the molecule is CCOC(C)/N=C(\[Se])c1ccc(Cl)cc1. The molecule has 1 unspecified atom stereocenters. The van der Waals surface area contributed by atoms with Crippen LogP contribution >= 0.6 is 11.6 Å². The van der Waals surface area contributed by atoms with E-state index in [4.69, 9.17) is 16.3 Å². The number of nitrogens with zero attached hydrogens (tertiary/aromatic N) is 1. The predicted octanol–water partition coefficient (Wildman–Crippen LogP) is 2.64. The second-order valence-electron chi connectivity index (χ2n) is 3.00. The van der Waals surface area contributed by atoms with Gasteiger partial charge in [0.05, 0.1) is 0 Å². The first-order valence-electron chi connectivity index (χ1n) is 4.76. The molecule has 0 aliphatic rings. The molecular weight excluding hydrogens is 277 g/mol. The summed E-state index contributed by atoms with van der Waals surface area (Å²) in [6.45, 7) is 4.53. The van der Waals surface area contributed by atoms with Gasteiger partial charge in [0.1, 0.15) is 0 Å². The minimum absolute atomic E-state index is 0.123. The summed E-state index contributed by atoms with van der Waals surface area (Å²) in [6.07, 6.45) is -0.123. The van der Waals surface area contributed by atoms with Crippen molar-refractivity contribution in [3.63, 3.8) is 0 Å². The van der Waals surface area contributed by atoms with Crippen LogP contribution in [0.3, 0.4) is 0 Å². The zero-order chi connectivity index (χ0) is 11.3. The molecule has 1 rings (SSSR count). The Kier molecular flexibility index (Phi) is 5.33. The Bertz CT molecular complexity index is 337. The van der Waals surface area contributed by atoms with Crippen molar-refractivity contribution in [1.82, 2.24) is 0 Å². The Balaban J connectivity index is 2.75. The van der Waals surface area contributed by atoms with Crippen LogP contribution in [-0.2, 0) is 4.74 Å². The van der Waals surface area contributed by atoms with Crippen LogP contribution in [-0.4, -0.2) is 33.5 Å². The van der Waals surface area contributed by atoms with Crippen molar-refractivity contribution in [2.24, 2.45) is 4.99 Å². The van der Waals surface area contributed by atoms with Crippen molar-refractivity contribution in [2.75, 3.05) is 6.61 Å². The normalized spacial score (nSPS) is 13.9. The predicted molar refractivity (Wildman–Crippen MR) is 64.8 cm³/mol. The molecule has 0 spiro atoms. The van der Waals surface area contributed by atoms with Crippen molar-refractivity contribution >= 4 is 32.2 Å². The Hall–Kier alpha value is -0.341. The van der Waals surface area contributed by atoms with Crippen LogP contribution < -0.4 is 0 Å². The standard InChI is InChI=1S/C11H13ClNOSe/c1-3-14-8(2)13-11(15)9-4-6-10(12)7-5-9/h4-8H,3H2,1-2H3/b13-11-. The molecule has 0 heterocycles. The van der Waals surface area contributed by atoms with Crippen molar-refractivity contribution < 1.29 is 4.74 Å². The Labute approximate surface area is 104 Å². The zero-order valence-corrected chi connectivity index (χ0v) is 11.2. The summed E-state index contributed by atoms with van der Waals surface area (Å²) in [7, 11) is 0. The third-order valence-electron chi connectivity index (χ3n) is 1.80. The van der Waals surface area contributed by atoms with Gasteiger partial charge in [-0.2, -0.15) is 0 Å². The van der Waals surface area contributed by atoms with Crippen molar-refractivity contribution in [3.8, 4) is 0 Å². The molecule has 0 bridgehead atoms. The van der Waals surface area contributed by atoms with Gasteiger partial charge in [-0.15, -0.1) is 0 Å². The Morgan fingerprint density at radius 1 is 1.47 bits per heavy atom. The quantitative estimate of drug-likeness (QED) is 0.617. The summed E-state index contributed by atoms with van der Waals surface area (Å²) in [5.74, 6) is 0. The fraction of sp³-hybridized carbons (Fsp3) is 0.364. The number of ether oxygens (including phenoxy) is 1. The fourth-order valence-corrected chi connectivity index (χ4v) is 1.83. The number of hydrogen-bond acceptors (Lipinski definition) is 2. The zero-order valence-electron chi connectivity index (χ0n) is 8.74. The molecule has 2 nitrogen and oxygen atoms in total. The number of rotatable bonds is 4. The summed E-state index contributed by atoms with van der Waals surface area (Å²) in [6, 6.07) is 7.54. The van der Waals surface area contributed by atoms with E-state index in [0.29, 0.717) is 6.61 Å². The molecule has 15 heavy (non-hydrogen) atoms. The molecule has 0 N–H and O–H groups in total. The average Bonchev–Trinajstić information content (AvgIpc) is 2.18. The number of hydrogen-bond donors (Lipinski definition) is 0. The van der Waals surface area contributed by atoms with E-state index in [-0.39, 0.29) is 6.23 Å². The first-order chi connectivity index (χ1) is 7.13. The molecule has 1 aromatic rings. The second-order valence-corrected chi connectivity index (χ2v) is 4.24. The topological polar surface area (TPSA) is 21.6 Å². The fourth-order valence-electron chi connectivity index (χ4n) is 1.11. The van der Waals surface area contributed by atoms with Gasteiger partial charge in [0.2, 0.25) is 0 Å². The maximum absolute atomic E-state index is 5.80. The van der Waals surface area contributed by atoms with E-state index in [0.717, 1.165) is 15.2 Å². The maximum atomic E-state index is 5.80. The van der Waals surface area contributed by atoms with Gasteiger partial charge >= 0.3 is 103 Å². The second kappa shape index (κ2) is 6.29. The molecule has 4 heteroatoms. The van der Waals surface area contributed by atoms with Crippen LogP contribution in [0.2, 0.25) is 5.02 Å². The summed E-state index contributed by atoms with van der Waals surface area (Å²) in [5.41, 5.74) is 1.02. The van der Waals surface area contributed by atoms with Crippen LogP contribution in [0.25, 0.3) is 0 Å². The van der Waals surface area contributed by atoms with E-state index in [1.54, 1.807) is 0 Å². The average molecular weight is 290 g/mol. The third kappa shape index (κ3) is 4.35. The van der Waals surface area contributed by atoms with E-state index in [2.05, 4.69) is 21.0 Å². The van der Waals surface area contributed by atoms with Gasteiger partial charge in [-0.1, -0.05) is 0 Å². The number of benzene rings is 1. The van der Waals surface area contributed by atoms with Crippen LogP contribution in [0.1, 0.15) is 19.4 Å². The molecule has 0 amide bonds. The van der Waals surface area contributed by atoms with E-state index in [9.17, 15) is 0 Å². The number of aliphatic imine (C=N–C) groups is 1. The number of halogens is 1. The van der Waals surface area contributed by atoms with Crippen LogP contribution in [0.4, 0.5) is 0 Å². The molecule has 0 saturated carbocycles. The van der Waals surface area contributed by atoms with Gasteiger partial charge in [-0.25, -0.2) is 0 Å². The van der Waals surface area contributed by atoms with Crippen molar-refractivity contribution in [1.29, 1.82) is 0 Å². The first-order valence-corrected chi connectivity index (χ1v) is 5.99. The van der Waals surface area contributed by atoms with Gasteiger partial charge in [0, 0.05) is 0 Å². The molecule has 0 fully saturated rings. The Morgan fingerprint density at radius 3 is 2.60 bits per heavy atom. The van der Waals surface area contributed by atoms with Crippen LogP contribution in [0.15, 0.2) is 29.3 Å². The summed E-state index contributed by atoms with van der Waals surface area (Å²) >= 11 is 8.73. The van der Waals surface area contributed by atoms with E-state index in [1.807, 2.05) is 38.1 Å². The van der Waals surface area contributed by atoms with Crippen LogP contribution in [0.5, 0.6) is 0 Å². The Morgan fingerprint density at radius 2 is 2.07 bits per heavy atom. The molecule has 81 valence electrons. The monoisotopic (exact) mass is 290 g/mol. The van der Waals surface area contributed by atoms with Gasteiger partial charge < -0.3 is 0 Å². The summed E-state index contributed by atoms with van der Waals surface area (Å²) in [5, 5.41) is 0.726. The molecular formula is C11H13ClNOSe.